The molecule has 8 nitrogen and oxygen atoms in total. The van der Waals surface area contributed by atoms with Crippen molar-refractivity contribution in [2.75, 3.05) is 29.2 Å². The van der Waals surface area contributed by atoms with Crippen LogP contribution >= 0.6 is 11.8 Å². The Morgan fingerprint density at radius 2 is 1.63 bits per heavy atom. The molecule has 2 aliphatic rings. The molecule has 1 atom stereocenters. The number of hydrogen-bond donors (Lipinski definition) is 1. The van der Waals surface area contributed by atoms with E-state index in [1.807, 2.05) is 12.1 Å². The molecule has 2 aliphatic heterocycles. The van der Waals surface area contributed by atoms with E-state index in [0.29, 0.717) is 30.4 Å². The molecule has 1 N–H and O–H groups in total. The van der Waals surface area contributed by atoms with Crippen molar-refractivity contribution < 1.29 is 19.1 Å². The summed E-state index contributed by atoms with van der Waals surface area (Å²) in [6.07, 6.45) is 0. The van der Waals surface area contributed by atoms with E-state index in [1.165, 1.54) is 16.7 Å². The average molecular weight is 497 g/mol. The Balaban J connectivity index is 1.45. The van der Waals surface area contributed by atoms with Gasteiger partial charge in [0.2, 0.25) is 5.91 Å². The van der Waals surface area contributed by atoms with Crippen LogP contribution in [0.15, 0.2) is 46.6 Å². The van der Waals surface area contributed by atoms with Gasteiger partial charge >= 0.3 is 6.03 Å². The van der Waals surface area contributed by atoms with Crippen LogP contribution in [-0.4, -0.2) is 36.4 Å². The van der Waals surface area contributed by atoms with Crippen LogP contribution in [0.4, 0.5) is 16.2 Å². The lowest BCUT2D eigenvalue weighted by molar-refractivity contribution is -0.113. The van der Waals surface area contributed by atoms with Crippen molar-refractivity contribution in [1.29, 1.82) is 0 Å². The molecule has 35 heavy (non-hydrogen) atoms. The number of hydrogen-bond acceptors (Lipinski definition) is 6. The Bertz CT molecular complexity index is 1130. The van der Waals surface area contributed by atoms with Crippen LogP contribution in [-0.2, 0) is 15.6 Å². The molecule has 0 radical (unpaired) electrons. The fourth-order valence-corrected chi connectivity index (χ4v) is 4.58. The number of carbonyl (C=O) groups is 2. The third kappa shape index (κ3) is 5.78. The summed E-state index contributed by atoms with van der Waals surface area (Å²) >= 11 is 1.24. The van der Waals surface area contributed by atoms with Gasteiger partial charge in [0.1, 0.15) is 13.2 Å². The quantitative estimate of drug-likeness (QED) is 0.540. The molecule has 4 rings (SSSR count). The molecule has 2 aromatic carbocycles. The lowest BCUT2D eigenvalue weighted by atomic mass is 9.80. The lowest BCUT2D eigenvalue weighted by Crippen LogP contribution is -2.32. The molecule has 0 fully saturated rings. The number of nitrogens with one attached hydrogen (secondary N) is 1. The Kier molecular flexibility index (Phi) is 6.81. The second kappa shape index (κ2) is 9.53. The van der Waals surface area contributed by atoms with Gasteiger partial charge in [-0.1, -0.05) is 52.7 Å². The first-order chi connectivity index (χ1) is 16.4. The summed E-state index contributed by atoms with van der Waals surface area (Å²) in [4.78, 5) is 26.7. The van der Waals surface area contributed by atoms with Crippen molar-refractivity contribution in [3.8, 4) is 11.5 Å². The van der Waals surface area contributed by atoms with Gasteiger partial charge in [0.05, 0.1) is 11.4 Å². The number of urea groups is 1. The number of carbonyl (C=O) groups excluding carboxylic acids is 2. The zero-order chi connectivity index (χ0) is 25.4. The van der Waals surface area contributed by atoms with Crippen molar-refractivity contribution in [2.45, 2.75) is 57.9 Å². The van der Waals surface area contributed by atoms with Gasteiger partial charge in [-0.15, -0.1) is 16.9 Å². The standard InChI is InChI=1S/C26H32N4O4S/c1-25(2,3)16-11-17(26(4,5)6)13-18(12-16)27-22(31)15-35-24-29-28-23(32)30(24)19-7-8-20-21(14-19)34-10-9-33-20/h7-8,11-14,24H,9-10,15H2,1-6H3,(H,27,31). The van der Waals surface area contributed by atoms with E-state index in [0.717, 1.165) is 16.8 Å². The number of amides is 3. The summed E-state index contributed by atoms with van der Waals surface area (Å²) in [6.45, 7) is 13.9. The van der Waals surface area contributed by atoms with Gasteiger partial charge < -0.3 is 14.8 Å². The molecule has 0 aromatic heterocycles. The van der Waals surface area contributed by atoms with Crippen LogP contribution in [0.2, 0.25) is 0 Å². The Morgan fingerprint density at radius 1 is 1.00 bits per heavy atom. The second-order valence-corrected chi connectivity index (χ2v) is 11.7. The predicted octanol–water partition coefficient (Wildman–Crippen LogP) is 6.10. The van der Waals surface area contributed by atoms with E-state index in [1.54, 1.807) is 18.2 Å². The minimum absolute atomic E-state index is 0.0514. The first kappa shape index (κ1) is 25.0. The first-order valence-electron chi connectivity index (χ1n) is 11.6. The largest absolute Gasteiger partial charge is 0.486 e. The number of fused-ring (bicyclic) bond motifs is 1. The second-order valence-electron chi connectivity index (χ2n) is 10.7. The third-order valence-electron chi connectivity index (χ3n) is 5.79. The highest BCUT2D eigenvalue weighted by Crippen LogP contribution is 2.38. The van der Waals surface area contributed by atoms with Crippen LogP contribution in [0.25, 0.3) is 0 Å². The molecule has 0 saturated carbocycles. The van der Waals surface area contributed by atoms with Crippen molar-refractivity contribution in [3.05, 3.63) is 47.5 Å². The van der Waals surface area contributed by atoms with Crippen LogP contribution in [0.3, 0.4) is 0 Å². The molecular weight excluding hydrogens is 464 g/mol. The highest BCUT2D eigenvalue weighted by Gasteiger charge is 2.33. The van der Waals surface area contributed by atoms with Crippen molar-refractivity contribution in [3.63, 3.8) is 0 Å². The summed E-state index contributed by atoms with van der Waals surface area (Å²) in [5.41, 5.74) is 2.94. The van der Waals surface area contributed by atoms with Gasteiger partial charge in [-0.05, 0) is 46.2 Å². The normalized spacial score (nSPS) is 17.6. The van der Waals surface area contributed by atoms with Gasteiger partial charge in [0, 0.05) is 11.8 Å². The summed E-state index contributed by atoms with van der Waals surface area (Å²) in [7, 11) is 0. The van der Waals surface area contributed by atoms with Gasteiger partial charge in [-0.2, -0.15) is 0 Å². The van der Waals surface area contributed by atoms with E-state index < -0.39 is 11.5 Å². The zero-order valence-electron chi connectivity index (χ0n) is 21.0. The first-order valence-corrected chi connectivity index (χ1v) is 12.7. The molecule has 3 amide bonds. The van der Waals surface area contributed by atoms with E-state index >= 15 is 0 Å². The number of anilines is 2. The molecular formula is C26H32N4O4S. The summed E-state index contributed by atoms with van der Waals surface area (Å²) < 4.78 is 11.2. The topological polar surface area (TPSA) is 92.6 Å². The molecule has 0 bridgehead atoms. The molecule has 2 aromatic rings. The molecule has 0 spiro atoms. The minimum Gasteiger partial charge on any atom is -0.486 e. The molecule has 0 saturated heterocycles. The minimum atomic E-state index is -0.637. The number of ether oxygens (including phenoxy) is 2. The Morgan fingerprint density at radius 3 is 2.26 bits per heavy atom. The average Bonchev–Trinajstić information content (AvgIpc) is 3.16. The van der Waals surface area contributed by atoms with Crippen molar-refractivity contribution in [1.82, 2.24) is 0 Å². The van der Waals surface area contributed by atoms with Crippen molar-refractivity contribution in [2.24, 2.45) is 10.2 Å². The fourth-order valence-electron chi connectivity index (χ4n) is 3.73. The number of rotatable bonds is 5. The maximum Gasteiger partial charge on any atom is 0.368 e. The Hall–Kier alpha value is -3.07. The van der Waals surface area contributed by atoms with E-state index in [9.17, 15) is 9.59 Å². The van der Waals surface area contributed by atoms with E-state index in [-0.39, 0.29) is 22.5 Å². The molecule has 9 heteroatoms. The predicted molar refractivity (Wildman–Crippen MR) is 139 cm³/mol. The maximum absolute atomic E-state index is 12.9. The van der Waals surface area contributed by atoms with Gasteiger partial charge in [-0.3, -0.25) is 9.69 Å². The highest BCUT2D eigenvalue weighted by molar-refractivity contribution is 8.00. The molecule has 2 heterocycles. The molecule has 186 valence electrons. The number of nitrogens with zero attached hydrogens (tertiary/aromatic N) is 3. The van der Waals surface area contributed by atoms with Crippen LogP contribution < -0.4 is 19.7 Å². The van der Waals surface area contributed by atoms with E-state index in [4.69, 9.17) is 9.47 Å². The van der Waals surface area contributed by atoms with Crippen molar-refractivity contribution >= 4 is 35.1 Å². The zero-order valence-corrected chi connectivity index (χ0v) is 21.9. The van der Waals surface area contributed by atoms with Crippen LogP contribution in [0, 0.1) is 0 Å². The van der Waals surface area contributed by atoms with Crippen LogP contribution in [0.5, 0.6) is 11.5 Å². The third-order valence-corrected chi connectivity index (χ3v) is 6.82. The number of azo groups is 1. The monoisotopic (exact) mass is 496 g/mol. The van der Waals surface area contributed by atoms with Gasteiger partial charge in [-0.25, -0.2) is 4.79 Å². The summed E-state index contributed by atoms with van der Waals surface area (Å²) in [6, 6.07) is 11.0. The van der Waals surface area contributed by atoms with Gasteiger partial charge in [0.25, 0.3) is 0 Å². The number of thioether (sulfide) groups is 1. The SMILES string of the molecule is CC(C)(C)c1cc(NC(=O)CSC2N=NC(=O)N2c2ccc3c(c2)OCCO3)cc(C(C)(C)C)c1. The van der Waals surface area contributed by atoms with E-state index in [2.05, 4.69) is 63.2 Å². The molecule has 1 unspecified atom stereocenters. The van der Waals surface area contributed by atoms with Crippen LogP contribution in [0.1, 0.15) is 52.7 Å². The highest BCUT2D eigenvalue weighted by atomic mass is 32.2. The number of benzene rings is 2. The summed E-state index contributed by atoms with van der Waals surface area (Å²) in [5, 5.41) is 10.8. The smallest absolute Gasteiger partial charge is 0.368 e. The fraction of sp³-hybridized carbons (Fsp3) is 0.462. The Labute approximate surface area is 210 Å². The molecule has 0 aliphatic carbocycles. The van der Waals surface area contributed by atoms with Gasteiger partial charge in [0.15, 0.2) is 17.0 Å². The lowest BCUT2D eigenvalue weighted by Gasteiger charge is -2.26. The maximum atomic E-state index is 12.9. The summed E-state index contributed by atoms with van der Waals surface area (Å²) in [5.74, 6) is 1.15.